The van der Waals surface area contributed by atoms with Crippen LogP contribution < -0.4 is 4.74 Å². The Bertz CT molecular complexity index is 1840. The van der Waals surface area contributed by atoms with Gasteiger partial charge in [0.25, 0.3) is 0 Å². The molecule has 7 rings (SSSR count). The monoisotopic (exact) mass is 658 g/mol. The average molecular weight is 659 g/mol. The van der Waals surface area contributed by atoms with E-state index in [0.717, 1.165) is 70.5 Å². The zero-order valence-corrected chi connectivity index (χ0v) is 28.7. The van der Waals surface area contributed by atoms with Crippen molar-refractivity contribution in [3.8, 4) is 17.0 Å². The highest BCUT2D eigenvalue weighted by Crippen LogP contribution is 2.36. The van der Waals surface area contributed by atoms with E-state index in [0.29, 0.717) is 25.6 Å². The molecule has 3 atom stereocenters. The van der Waals surface area contributed by atoms with E-state index in [1.807, 2.05) is 62.5 Å². The number of carbonyl (C=O) groups is 1. The topological polar surface area (TPSA) is 125 Å². The van der Waals surface area contributed by atoms with E-state index < -0.39 is 23.8 Å². The number of aryl methyl sites for hydroxylation is 2. The summed E-state index contributed by atoms with van der Waals surface area (Å²) in [6.45, 7) is 10.3. The molecule has 1 N–H and O–H groups in total. The third kappa shape index (κ3) is 6.22. The van der Waals surface area contributed by atoms with Gasteiger partial charge in [-0.1, -0.05) is 6.07 Å². The number of hydrogen-bond acceptors (Lipinski definition) is 9. The SMILES string of the molecule is Cc1nn([C@@H]2CN(C(=O)OC(C)(C)C)CC2O)c2c1/C=C\c1nn(C3CCCCO3)c3ccc(cc13)-c1cnn(C)c1CN(C)CCO2. The van der Waals surface area contributed by atoms with Crippen molar-refractivity contribution >= 4 is 29.1 Å². The molecule has 2 bridgehead atoms. The normalized spacial score (nSPS) is 23.0. The molecular weight excluding hydrogens is 612 g/mol. The number of β-amino-alcohol motifs (C(OH)–C–C–N with tert-alkyl or cyclic N) is 1. The molecule has 4 aromatic rings. The molecule has 3 aromatic heterocycles. The second kappa shape index (κ2) is 12.7. The predicted molar refractivity (Wildman–Crippen MR) is 181 cm³/mol. The fourth-order valence-corrected chi connectivity index (χ4v) is 6.86. The van der Waals surface area contributed by atoms with E-state index in [-0.39, 0.29) is 19.3 Å². The molecule has 3 aliphatic rings. The van der Waals surface area contributed by atoms with Crippen LogP contribution in [0.15, 0.2) is 24.4 Å². The van der Waals surface area contributed by atoms with E-state index in [1.165, 1.54) is 4.90 Å². The first-order chi connectivity index (χ1) is 23.0. The largest absolute Gasteiger partial charge is 0.476 e. The fraction of sp³-hybridized carbons (Fsp3) is 0.543. The van der Waals surface area contributed by atoms with Crippen molar-refractivity contribution < 1.29 is 24.1 Å². The van der Waals surface area contributed by atoms with E-state index in [2.05, 4.69) is 35.2 Å². The number of fused-ring (bicyclic) bond motifs is 4. The molecule has 256 valence electrons. The molecule has 0 radical (unpaired) electrons. The number of hydrogen-bond donors (Lipinski definition) is 1. The number of ether oxygens (including phenoxy) is 3. The first-order valence-corrected chi connectivity index (χ1v) is 16.9. The van der Waals surface area contributed by atoms with Crippen LogP contribution in [0.5, 0.6) is 5.88 Å². The minimum absolute atomic E-state index is 0.123. The van der Waals surface area contributed by atoms with E-state index in [1.54, 1.807) is 4.68 Å². The third-order valence-corrected chi connectivity index (χ3v) is 9.39. The number of benzene rings is 1. The number of nitrogens with zero attached hydrogens (tertiary/aromatic N) is 8. The Morgan fingerprint density at radius 2 is 1.90 bits per heavy atom. The summed E-state index contributed by atoms with van der Waals surface area (Å²) in [7, 11) is 4.04. The maximum Gasteiger partial charge on any atom is 0.410 e. The highest BCUT2D eigenvalue weighted by Gasteiger charge is 2.39. The fourth-order valence-electron chi connectivity index (χ4n) is 6.86. The van der Waals surface area contributed by atoms with E-state index >= 15 is 0 Å². The molecule has 2 unspecified atom stereocenters. The van der Waals surface area contributed by atoms with Crippen LogP contribution in [0.4, 0.5) is 4.79 Å². The number of amides is 1. The number of aromatic nitrogens is 6. The molecule has 0 spiro atoms. The molecule has 13 heteroatoms. The van der Waals surface area contributed by atoms with Crippen LogP contribution in [0.1, 0.15) is 74.9 Å². The van der Waals surface area contributed by atoms with Gasteiger partial charge in [-0.25, -0.2) is 14.2 Å². The summed E-state index contributed by atoms with van der Waals surface area (Å²) in [5, 5.41) is 26.8. The number of aliphatic hydroxyl groups is 1. The Labute approximate surface area is 280 Å². The van der Waals surface area contributed by atoms with Crippen LogP contribution in [0, 0.1) is 6.92 Å². The van der Waals surface area contributed by atoms with Crippen LogP contribution in [0.3, 0.4) is 0 Å². The van der Waals surface area contributed by atoms with Gasteiger partial charge in [0.15, 0.2) is 6.23 Å². The van der Waals surface area contributed by atoms with Gasteiger partial charge < -0.3 is 24.2 Å². The van der Waals surface area contributed by atoms with Gasteiger partial charge in [0.1, 0.15) is 18.2 Å². The quantitative estimate of drug-likeness (QED) is 0.324. The van der Waals surface area contributed by atoms with Crippen molar-refractivity contribution in [3.63, 3.8) is 0 Å². The summed E-state index contributed by atoms with van der Waals surface area (Å²) in [4.78, 5) is 16.7. The van der Waals surface area contributed by atoms with E-state index in [9.17, 15) is 9.90 Å². The molecule has 48 heavy (non-hydrogen) atoms. The molecule has 3 aliphatic heterocycles. The molecular formula is C35H46N8O5. The maximum absolute atomic E-state index is 12.9. The molecule has 13 nitrogen and oxygen atoms in total. The number of aliphatic hydroxyl groups excluding tert-OH is 1. The summed E-state index contributed by atoms with van der Waals surface area (Å²) in [6, 6.07) is 5.99. The zero-order chi connectivity index (χ0) is 33.7. The first kappa shape index (κ1) is 32.4. The minimum atomic E-state index is -0.843. The van der Waals surface area contributed by atoms with Crippen LogP contribution in [-0.2, 0) is 23.1 Å². The average Bonchev–Trinajstić information content (AvgIpc) is 3.79. The van der Waals surface area contributed by atoms with Gasteiger partial charge in [0.05, 0.1) is 47.0 Å². The lowest BCUT2D eigenvalue weighted by atomic mass is 10.0. The van der Waals surface area contributed by atoms with Crippen molar-refractivity contribution in [3.05, 3.63) is 47.0 Å². The first-order valence-electron chi connectivity index (χ1n) is 16.9. The highest BCUT2D eigenvalue weighted by atomic mass is 16.6. The van der Waals surface area contributed by atoms with Crippen LogP contribution in [0.2, 0.25) is 0 Å². The minimum Gasteiger partial charge on any atom is -0.476 e. The van der Waals surface area contributed by atoms with Crippen molar-refractivity contribution in [1.29, 1.82) is 0 Å². The van der Waals surface area contributed by atoms with Crippen LogP contribution in [-0.4, -0.2) is 102 Å². The molecule has 1 amide bonds. The van der Waals surface area contributed by atoms with Gasteiger partial charge in [-0.15, -0.1) is 0 Å². The van der Waals surface area contributed by atoms with Gasteiger partial charge in [0, 0.05) is 44.2 Å². The van der Waals surface area contributed by atoms with Gasteiger partial charge in [0.2, 0.25) is 5.88 Å². The number of likely N-dealkylation sites (tertiary alicyclic amines) is 1. The number of rotatable bonds is 2. The molecule has 2 fully saturated rings. The second-order valence-electron chi connectivity index (χ2n) is 14.2. The molecule has 2 saturated heterocycles. The van der Waals surface area contributed by atoms with Crippen LogP contribution in [0.25, 0.3) is 34.2 Å². The Kier molecular flexibility index (Phi) is 8.55. The Morgan fingerprint density at radius 1 is 1.06 bits per heavy atom. The highest BCUT2D eigenvalue weighted by molar-refractivity contribution is 5.93. The van der Waals surface area contributed by atoms with Crippen molar-refractivity contribution in [2.45, 2.75) is 77.5 Å². The number of carbonyl (C=O) groups excluding carboxylic acids is 1. The predicted octanol–water partition coefficient (Wildman–Crippen LogP) is 4.79. The van der Waals surface area contributed by atoms with Crippen molar-refractivity contribution in [1.82, 2.24) is 39.1 Å². The lowest BCUT2D eigenvalue weighted by molar-refractivity contribution is -0.0367. The van der Waals surface area contributed by atoms with Crippen molar-refractivity contribution in [2.75, 3.05) is 39.9 Å². The summed E-state index contributed by atoms with van der Waals surface area (Å²) in [5.74, 6) is 0.545. The van der Waals surface area contributed by atoms with Crippen molar-refractivity contribution in [2.24, 2.45) is 7.05 Å². The molecule has 1 aromatic carbocycles. The maximum atomic E-state index is 12.9. The summed E-state index contributed by atoms with van der Waals surface area (Å²) >= 11 is 0. The Hall–Kier alpha value is -4.20. The van der Waals surface area contributed by atoms with Gasteiger partial charge in [-0.2, -0.15) is 15.3 Å². The summed E-state index contributed by atoms with van der Waals surface area (Å²) < 4.78 is 24.0. The van der Waals surface area contributed by atoms with E-state index in [4.69, 9.17) is 24.4 Å². The third-order valence-electron chi connectivity index (χ3n) is 9.39. The second-order valence-corrected chi connectivity index (χ2v) is 14.2. The summed E-state index contributed by atoms with van der Waals surface area (Å²) in [5.41, 5.74) is 6.00. The number of likely N-dealkylation sites (N-methyl/N-ethyl adjacent to an activating group) is 1. The van der Waals surface area contributed by atoms with Gasteiger partial charge in [-0.3, -0.25) is 9.58 Å². The molecule has 0 aliphatic carbocycles. The lowest BCUT2D eigenvalue weighted by Crippen LogP contribution is -2.36. The smallest absolute Gasteiger partial charge is 0.410 e. The Morgan fingerprint density at radius 3 is 2.67 bits per heavy atom. The summed E-state index contributed by atoms with van der Waals surface area (Å²) in [6.07, 6.45) is 7.59. The van der Waals surface area contributed by atoms with Crippen LogP contribution >= 0.6 is 0 Å². The zero-order valence-electron chi connectivity index (χ0n) is 28.7. The Balaban J connectivity index is 1.31. The molecule has 0 saturated carbocycles. The van der Waals surface area contributed by atoms with Gasteiger partial charge in [-0.05, 0) is 83.9 Å². The lowest BCUT2D eigenvalue weighted by Gasteiger charge is -2.24. The van der Waals surface area contributed by atoms with Gasteiger partial charge >= 0.3 is 6.09 Å². The standard InChI is InChI=1S/C35H46N8O5/c1-22-24-11-12-27-25-17-23(10-13-28(25)42(38-27)32-9-7-8-15-46-32)26-18-36-40(6)29(26)19-39(5)14-16-47-33(24)43(37-22)30-20-41(21-31(30)44)34(45)48-35(2,3)4/h10-13,17-18,30-32,44H,7-9,14-16,19-21H2,1-6H3/b12-11-/t30-,31?,32?/m1/s1. The molecule has 6 heterocycles.